The molecule has 0 aliphatic heterocycles. The molecule has 0 amide bonds. The minimum atomic E-state index is -0.0378. The van der Waals surface area contributed by atoms with Crippen molar-refractivity contribution in [2.45, 2.75) is 19.3 Å². The van der Waals surface area contributed by atoms with Crippen LogP contribution in [0.1, 0.15) is 25.0 Å². The van der Waals surface area contributed by atoms with Crippen molar-refractivity contribution in [2.24, 2.45) is 0 Å². The van der Waals surface area contributed by atoms with Crippen molar-refractivity contribution < 1.29 is 0 Å². The average Bonchev–Trinajstić information content (AvgIpc) is 3.28. The van der Waals surface area contributed by atoms with E-state index in [1.54, 1.807) is 0 Å². The van der Waals surface area contributed by atoms with Crippen LogP contribution in [-0.2, 0) is 5.41 Å². The van der Waals surface area contributed by atoms with E-state index in [0.717, 1.165) is 33.5 Å². The zero-order valence-corrected chi connectivity index (χ0v) is 24.1. The van der Waals surface area contributed by atoms with Crippen LogP contribution in [0.5, 0.6) is 0 Å². The smallest absolute Gasteiger partial charge is 0.160 e. The van der Waals surface area contributed by atoms with Crippen molar-refractivity contribution >= 4 is 43.2 Å². The van der Waals surface area contributed by atoms with Crippen molar-refractivity contribution in [1.82, 2.24) is 9.97 Å². The van der Waals surface area contributed by atoms with Gasteiger partial charge in [0.1, 0.15) is 0 Å². The molecule has 0 spiro atoms. The van der Waals surface area contributed by atoms with Crippen molar-refractivity contribution in [3.8, 4) is 33.8 Å². The van der Waals surface area contributed by atoms with Gasteiger partial charge in [0.05, 0.1) is 11.2 Å². The molecule has 0 saturated heterocycles. The molecular weight excluding hydrogens is 520 g/mol. The molecule has 0 saturated carbocycles. The van der Waals surface area contributed by atoms with Gasteiger partial charge in [-0.3, -0.25) is 0 Å². The lowest BCUT2D eigenvalue weighted by atomic mass is 9.81. The minimum Gasteiger partial charge on any atom is -0.228 e. The molecule has 8 aromatic rings. The topological polar surface area (TPSA) is 25.8 Å². The van der Waals surface area contributed by atoms with E-state index in [-0.39, 0.29) is 5.41 Å². The summed E-state index contributed by atoms with van der Waals surface area (Å²) in [6.07, 6.45) is 0. The Morgan fingerprint density at radius 3 is 2.05 bits per heavy atom. The van der Waals surface area contributed by atoms with Crippen LogP contribution in [0.3, 0.4) is 0 Å². The summed E-state index contributed by atoms with van der Waals surface area (Å²) in [4.78, 5) is 10.1. The van der Waals surface area contributed by atoms with Crippen molar-refractivity contribution in [3.05, 3.63) is 145 Å². The lowest BCUT2D eigenvalue weighted by molar-refractivity contribution is 0.661. The number of aromatic nitrogens is 2. The first-order chi connectivity index (χ1) is 21.1. The van der Waals surface area contributed by atoms with Gasteiger partial charge in [0.15, 0.2) is 5.82 Å². The third-order valence-electron chi connectivity index (χ3n) is 9.43. The van der Waals surface area contributed by atoms with Gasteiger partial charge in [-0.2, -0.15) is 0 Å². The quantitative estimate of drug-likeness (QED) is 0.201. The number of hydrogen-bond acceptors (Lipinski definition) is 2. The summed E-state index contributed by atoms with van der Waals surface area (Å²) in [7, 11) is 0. The maximum absolute atomic E-state index is 5.12. The predicted octanol–water partition coefficient (Wildman–Crippen LogP) is 10.7. The van der Waals surface area contributed by atoms with Gasteiger partial charge in [0, 0.05) is 21.9 Å². The molecule has 0 radical (unpaired) electrons. The zero-order valence-electron chi connectivity index (χ0n) is 24.1. The van der Waals surface area contributed by atoms with Crippen LogP contribution in [-0.4, -0.2) is 9.97 Å². The molecular formula is C41H28N2. The van der Waals surface area contributed by atoms with Gasteiger partial charge in [-0.05, 0) is 78.8 Å². The molecule has 1 aliphatic rings. The fraction of sp³-hybridized carbons (Fsp3) is 0.0732. The maximum Gasteiger partial charge on any atom is 0.160 e. The molecule has 0 atom stereocenters. The van der Waals surface area contributed by atoms with E-state index in [1.165, 1.54) is 54.6 Å². The number of rotatable bonds is 2. The molecule has 0 fully saturated rings. The first-order valence-corrected chi connectivity index (χ1v) is 14.9. The fourth-order valence-corrected chi connectivity index (χ4v) is 7.25. The number of nitrogens with zero attached hydrogens (tertiary/aromatic N) is 2. The van der Waals surface area contributed by atoms with Gasteiger partial charge in [0.2, 0.25) is 0 Å². The minimum absolute atomic E-state index is 0.0378. The molecule has 1 heterocycles. The van der Waals surface area contributed by atoms with Crippen LogP contribution >= 0.6 is 0 Å². The summed E-state index contributed by atoms with van der Waals surface area (Å²) in [6, 6.07) is 48.1. The second-order valence-electron chi connectivity index (χ2n) is 12.2. The highest BCUT2D eigenvalue weighted by atomic mass is 14.9. The van der Waals surface area contributed by atoms with Gasteiger partial charge in [-0.25, -0.2) is 9.97 Å². The van der Waals surface area contributed by atoms with Crippen LogP contribution in [0.15, 0.2) is 133 Å². The Bertz CT molecular complexity index is 2420. The van der Waals surface area contributed by atoms with E-state index >= 15 is 0 Å². The molecule has 2 heteroatoms. The zero-order chi connectivity index (χ0) is 28.7. The SMILES string of the molecule is CC1(C)c2ccccc2-c2cc3ccc4ccc5cc(-c6nc(-c7ccccc7)c7ccccc7n6)ccc5c4c3cc21. The highest BCUT2D eigenvalue weighted by Gasteiger charge is 2.35. The molecule has 0 bridgehead atoms. The number of benzene rings is 7. The summed E-state index contributed by atoms with van der Waals surface area (Å²) in [5.41, 5.74) is 9.52. The normalized spacial score (nSPS) is 13.5. The monoisotopic (exact) mass is 548 g/mol. The number of hydrogen-bond donors (Lipinski definition) is 0. The Hall–Kier alpha value is -5.34. The first kappa shape index (κ1) is 24.3. The fourth-order valence-electron chi connectivity index (χ4n) is 7.25. The summed E-state index contributed by atoms with van der Waals surface area (Å²) >= 11 is 0. The Morgan fingerprint density at radius 2 is 1.19 bits per heavy atom. The average molecular weight is 549 g/mol. The Morgan fingerprint density at radius 1 is 0.465 bits per heavy atom. The lowest BCUT2D eigenvalue weighted by Gasteiger charge is -2.22. The Labute approximate surface area is 250 Å². The van der Waals surface area contributed by atoms with E-state index in [0.29, 0.717) is 0 Å². The van der Waals surface area contributed by atoms with E-state index in [4.69, 9.17) is 9.97 Å². The van der Waals surface area contributed by atoms with E-state index in [9.17, 15) is 0 Å². The van der Waals surface area contributed by atoms with Gasteiger partial charge < -0.3 is 0 Å². The van der Waals surface area contributed by atoms with Gasteiger partial charge in [-0.15, -0.1) is 0 Å². The predicted molar refractivity (Wildman–Crippen MR) is 180 cm³/mol. The third-order valence-corrected chi connectivity index (χ3v) is 9.43. The van der Waals surface area contributed by atoms with Crippen molar-refractivity contribution in [3.63, 3.8) is 0 Å². The Kier molecular flexibility index (Phi) is 4.99. The van der Waals surface area contributed by atoms with E-state index < -0.39 is 0 Å². The number of para-hydroxylation sites is 1. The highest BCUT2D eigenvalue weighted by molar-refractivity contribution is 6.21. The van der Waals surface area contributed by atoms with Crippen molar-refractivity contribution in [2.75, 3.05) is 0 Å². The Balaban J connectivity index is 1.26. The maximum atomic E-state index is 5.12. The second-order valence-corrected chi connectivity index (χ2v) is 12.2. The molecule has 202 valence electrons. The number of fused-ring (bicyclic) bond motifs is 9. The van der Waals surface area contributed by atoms with Gasteiger partial charge in [0.25, 0.3) is 0 Å². The van der Waals surface area contributed by atoms with Crippen molar-refractivity contribution in [1.29, 1.82) is 0 Å². The molecule has 1 aliphatic carbocycles. The summed E-state index contributed by atoms with van der Waals surface area (Å²) in [5, 5.41) is 8.66. The molecule has 0 N–H and O–H groups in total. The third kappa shape index (κ3) is 3.53. The molecule has 43 heavy (non-hydrogen) atoms. The van der Waals surface area contributed by atoms with Crippen LogP contribution in [0.4, 0.5) is 0 Å². The molecule has 7 aromatic carbocycles. The standard InChI is InChI=1S/C41H28N2/c1-41(2)35-14-8-6-12-31(35)34-23-28-19-17-25-16-18-27-22-29(20-21-30(27)38(25)33(28)24-36(34)41)40-42-37-15-9-7-13-32(37)39(43-40)26-10-4-3-5-11-26/h3-24H,1-2H3. The largest absolute Gasteiger partial charge is 0.228 e. The molecule has 0 unspecified atom stereocenters. The van der Waals surface area contributed by atoms with Crippen LogP contribution in [0.2, 0.25) is 0 Å². The first-order valence-electron chi connectivity index (χ1n) is 14.9. The van der Waals surface area contributed by atoms with Crippen LogP contribution < -0.4 is 0 Å². The summed E-state index contributed by atoms with van der Waals surface area (Å²) in [6.45, 7) is 4.71. The van der Waals surface area contributed by atoms with Gasteiger partial charge in [-0.1, -0.05) is 123 Å². The lowest BCUT2D eigenvalue weighted by Crippen LogP contribution is -2.14. The second kappa shape index (κ2) is 8.83. The van der Waals surface area contributed by atoms with Crippen LogP contribution in [0.25, 0.3) is 77.0 Å². The van der Waals surface area contributed by atoms with E-state index in [2.05, 4.69) is 135 Å². The summed E-state index contributed by atoms with van der Waals surface area (Å²) < 4.78 is 0. The van der Waals surface area contributed by atoms with Crippen LogP contribution in [0, 0.1) is 0 Å². The molecule has 1 aromatic heterocycles. The summed E-state index contributed by atoms with van der Waals surface area (Å²) in [5.74, 6) is 0.745. The molecule has 9 rings (SSSR count). The molecule has 2 nitrogen and oxygen atoms in total. The van der Waals surface area contributed by atoms with E-state index in [1.807, 2.05) is 12.1 Å². The van der Waals surface area contributed by atoms with Gasteiger partial charge >= 0.3 is 0 Å². The highest BCUT2D eigenvalue weighted by Crippen LogP contribution is 2.50.